The van der Waals surface area contributed by atoms with E-state index in [1.54, 1.807) is 0 Å². The number of morpholine rings is 1. The van der Waals surface area contributed by atoms with Gasteiger partial charge in [0, 0.05) is 30.9 Å². The smallest absolute Gasteiger partial charge is 0.125 e. The molecule has 0 atom stereocenters. The Morgan fingerprint density at radius 1 is 0.879 bits per heavy atom. The molecule has 0 saturated carbocycles. The normalized spacial score (nSPS) is 13.8. The molecule has 4 aromatic rings. The van der Waals surface area contributed by atoms with Gasteiger partial charge < -0.3 is 19.7 Å². The number of nitrogens with zero attached hydrogens (tertiary/aromatic N) is 1. The van der Waals surface area contributed by atoms with E-state index in [1.165, 1.54) is 10.8 Å². The van der Waals surface area contributed by atoms with E-state index in [-0.39, 0.29) is 0 Å². The minimum Gasteiger partial charge on any atom is -0.489 e. The molecule has 1 fully saturated rings. The first-order valence-corrected chi connectivity index (χ1v) is 11.7. The van der Waals surface area contributed by atoms with Crippen LogP contribution in [0.2, 0.25) is 5.02 Å². The van der Waals surface area contributed by atoms with Gasteiger partial charge in [0.15, 0.2) is 0 Å². The molecule has 0 aromatic heterocycles. The minimum atomic E-state index is 0.534. The molecule has 1 aliphatic rings. The van der Waals surface area contributed by atoms with Gasteiger partial charge in [-0.25, -0.2) is 0 Å². The molecule has 0 amide bonds. The Balaban J connectivity index is 1.36. The van der Waals surface area contributed by atoms with Crippen LogP contribution in [0.4, 0.5) is 11.4 Å². The highest BCUT2D eigenvalue weighted by Gasteiger charge is 2.15. The van der Waals surface area contributed by atoms with E-state index in [2.05, 4.69) is 70.9 Å². The number of hydrogen-bond acceptors (Lipinski definition) is 4. The lowest BCUT2D eigenvalue weighted by atomic mass is 10.0. The summed E-state index contributed by atoms with van der Waals surface area (Å²) in [5.41, 5.74) is 4.33. The van der Waals surface area contributed by atoms with Gasteiger partial charge in [0.25, 0.3) is 0 Å². The first kappa shape index (κ1) is 21.6. The van der Waals surface area contributed by atoms with E-state index < -0.39 is 0 Å². The molecule has 33 heavy (non-hydrogen) atoms. The van der Waals surface area contributed by atoms with E-state index >= 15 is 0 Å². The molecule has 0 unspecified atom stereocenters. The van der Waals surface area contributed by atoms with E-state index in [4.69, 9.17) is 21.1 Å². The van der Waals surface area contributed by atoms with Crippen LogP contribution in [0.3, 0.4) is 0 Å². The number of rotatable bonds is 7. The van der Waals surface area contributed by atoms with Gasteiger partial charge in [0.05, 0.1) is 23.9 Å². The Hall–Kier alpha value is -3.21. The fourth-order valence-electron chi connectivity index (χ4n) is 4.24. The number of fused-ring (bicyclic) bond motifs is 1. The predicted molar refractivity (Wildman–Crippen MR) is 137 cm³/mol. The number of nitrogens with one attached hydrogen (secondary N) is 1. The number of anilines is 2. The molecule has 5 heteroatoms. The first-order chi connectivity index (χ1) is 16.3. The van der Waals surface area contributed by atoms with Crippen LogP contribution in [0.25, 0.3) is 10.8 Å². The van der Waals surface area contributed by atoms with Gasteiger partial charge >= 0.3 is 0 Å². The van der Waals surface area contributed by atoms with Crippen LogP contribution in [0.5, 0.6) is 5.75 Å². The van der Waals surface area contributed by atoms with E-state index in [1.807, 2.05) is 24.3 Å². The summed E-state index contributed by atoms with van der Waals surface area (Å²) in [4.78, 5) is 2.27. The second-order valence-corrected chi connectivity index (χ2v) is 8.56. The van der Waals surface area contributed by atoms with Crippen LogP contribution in [-0.4, -0.2) is 26.3 Å². The molecule has 1 saturated heterocycles. The fourth-order valence-corrected chi connectivity index (χ4v) is 4.54. The number of ether oxygens (including phenoxy) is 2. The molecule has 1 heterocycles. The summed E-state index contributed by atoms with van der Waals surface area (Å²) in [6.07, 6.45) is 0. The molecule has 0 radical (unpaired) electrons. The topological polar surface area (TPSA) is 33.7 Å². The van der Waals surface area contributed by atoms with Crippen molar-refractivity contribution in [3.63, 3.8) is 0 Å². The third-order valence-corrected chi connectivity index (χ3v) is 6.31. The molecule has 0 bridgehead atoms. The molecule has 0 spiro atoms. The third-order valence-electron chi connectivity index (χ3n) is 6.00. The molecular weight excluding hydrogens is 432 g/mol. The number of benzene rings is 4. The second-order valence-electron chi connectivity index (χ2n) is 8.16. The SMILES string of the molecule is Clc1cc(NCc2c(OCc3ccccc3)ccc3ccccc23)ccc1N1CCOCC1. The molecular formula is C28H27ClN2O2. The zero-order chi connectivity index (χ0) is 22.5. The molecule has 4 nitrogen and oxygen atoms in total. The highest BCUT2D eigenvalue weighted by molar-refractivity contribution is 6.33. The van der Waals surface area contributed by atoms with Crippen LogP contribution >= 0.6 is 11.6 Å². The Kier molecular flexibility index (Phi) is 6.66. The van der Waals surface area contributed by atoms with Crippen LogP contribution in [0.15, 0.2) is 84.9 Å². The Morgan fingerprint density at radius 3 is 2.48 bits per heavy atom. The largest absolute Gasteiger partial charge is 0.489 e. The van der Waals surface area contributed by atoms with Gasteiger partial charge in [-0.2, -0.15) is 0 Å². The zero-order valence-corrected chi connectivity index (χ0v) is 19.2. The molecule has 0 aliphatic carbocycles. The molecule has 5 rings (SSSR count). The van der Waals surface area contributed by atoms with Crippen LogP contribution in [0, 0.1) is 0 Å². The molecule has 1 N–H and O–H groups in total. The number of halogens is 1. The average Bonchev–Trinajstić information content (AvgIpc) is 2.87. The Labute approximate surface area is 199 Å². The molecule has 1 aliphatic heterocycles. The van der Waals surface area contributed by atoms with Crippen molar-refractivity contribution in [2.45, 2.75) is 13.2 Å². The maximum atomic E-state index is 6.64. The second kappa shape index (κ2) is 10.2. The molecule has 4 aromatic carbocycles. The lowest BCUT2D eigenvalue weighted by Gasteiger charge is -2.29. The summed E-state index contributed by atoms with van der Waals surface area (Å²) < 4.78 is 11.7. The van der Waals surface area contributed by atoms with Gasteiger partial charge in [-0.15, -0.1) is 0 Å². The van der Waals surface area contributed by atoms with Crippen molar-refractivity contribution in [3.8, 4) is 5.75 Å². The lowest BCUT2D eigenvalue weighted by molar-refractivity contribution is 0.122. The average molecular weight is 459 g/mol. The quantitative estimate of drug-likeness (QED) is 0.341. The van der Waals surface area contributed by atoms with Crippen molar-refractivity contribution in [1.29, 1.82) is 0 Å². The number of hydrogen-bond donors (Lipinski definition) is 1. The summed E-state index contributed by atoms with van der Waals surface area (Å²) in [6.45, 7) is 4.38. The summed E-state index contributed by atoms with van der Waals surface area (Å²) >= 11 is 6.64. The van der Waals surface area contributed by atoms with Crippen LogP contribution in [0.1, 0.15) is 11.1 Å². The van der Waals surface area contributed by atoms with Crippen molar-refractivity contribution in [2.75, 3.05) is 36.5 Å². The Morgan fingerprint density at radius 2 is 1.67 bits per heavy atom. The summed E-state index contributed by atoms with van der Waals surface area (Å²) in [6, 6.07) is 29.0. The summed E-state index contributed by atoms with van der Waals surface area (Å²) in [5.74, 6) is 0.890. The van der Waals surface area contributed by atoms with Crippen molar-refractivity contribution in [3.05, 3.63) is 101 Å². The zero-order valence-electron chi connectivity index (χ0n) is 18.5. The molecule has 168 valence electrons. The lowest BCUT2D eigenvalue weighted by Crippen LogP contribution is -2.36. The minimum absolute atomic E-state index is 0.534. The predicted octanol–water partition coefficient (Wildman–Crippen LogP) is 6.52. The van der Waals surface area contributed by atoms with Gasteiger partial charge in [-0.05, 0) is 40.6 Å². The van der Waals surface area contributed by atoms with Crippen molar-refractivity contribution >= 4 is 33.7 Å². The van der Waals surface area contributed by atoms with Gasteiger partial charge in [-0.1, -0.05) is 72.3 Å². The highest BCUT2D eigenvalue weighted by atomic mass is 35.5. The van der Waals surface area contributed by atoms with E-state index in [9.17, 15) is 0 Å². The first-order valence-electron chi connectivity index (χ1n) is 11.3. The van der Waals surface area contributed by atoms with Gasteiger partial charge in [0.1, 0.15) is 12.4 Å². The fraction of sp³-hybridized carbons (Fsp3) is 0.214. The maximum absolute atomic E-state index is 6.64. The van der Waals surface area contributed by atoms with Gasteiger partial charge in [-0.3, -0.25) is 0 Å². The monoisotopic (exact) mass is 458 g/mol. The van der Waals surface area contributed by atoms with Crippen molar-refractivity contribution in [1.82, 2.24) is 0 Å². The third kappa shape index (κ3) is 5.08. The van der Waals surface area contributed by atoms with Crippen LogP contribution < -0.4 is 15.0 Å². The maximum Gasteiger partial charge on any atom is 0.125 e. The van der Waals surface area contributed by atoms with Crippen molar-refractivity contribution in [2.24, 2.45) is 0 Å². The van der Waals surface area contributed by atoms with Crippen LogP contribution in [-0.2, 0) is 17.9 Å². The standard InChI is InChI=1S/C28H27ClN2O2/c29-26-18-23(11-12-27(26)31-14-16-32-17-15-31)30-19-25-24-9-5-4-8-22(24)10-13-28(25)33-20-21-6-2-1-3-7-21/h1-13,18,30H,14-17,19-20H2. The summed E-state index contributed by atoms with van der Waals surface area (Å²) in [5, 5.41) is 6.69. The van der Waals surface area contributed by atoms with Gasteiger partial charge in [0.2, 0.25) is 0 Å². The van der Waals surface area contributed by atoms with E-state index in [0.717, 1.165) is 59.6 Å². The summed E-state index contributed by atoms with van der Waals surface area (Å²) in [7, 11) is 0. The highest BCUT2D eigenvalue weighted by Crippen LogP contribution is 2.32. The van der Waals surface area contributed by atoms with Crippen molar-refractivity contribution < 1.29 is 9.47 Å². The Bertz CT molecular complexity index is 1220. The van der Waals surface area contributed by atoms with E-state index in [0.29, 0.717) is 13.2 Å².